The van der Waals surface area contributed by atoms with Crippen LogP contribution < -0.4 is 5.73 Å². The van der Waals surface area contributed by atoms with E-state index in [1.807, 2.05) is 30.6 Å². The third kappa shape index (κ3) is 2.90. The minimum Gasteiger partial charge on any atom is -0.399 e. The van der Waals surface area contributed by atoms with E-state index in [9.17, 15) is 4.79 Å². The molecule has 0 aliphatic heterocycles. The molecule has 1 aromatic rings. The van der Waals surface area contributed by atoms with Gasteiger partial charge >= 0.3 is 0 Å². The fourth-order valence-corrected chi connectivity index (χ4v) is 1.27. The van der Waals surface area contributed by atoms with E-state index in [0.717, 1.165) is 12.1 Å². The maximum atomic E-state index is 10.0. The highest BCUT2D eigenvalue weighted by Gasteiger charge is 2.04. The molecule has 69 valence electrons. The summed E-state index contributed by atoms with van der Waals surface area (Å²) in [5, 5.41) is 0. The molecule has 0 aromatic heterocycles. The molecular weight excluding hydrogens is 162 g/mol. The van der Waals surface area contributed by atoms with Crippen LogP contribution >= 0.6 is 0 Å². The van der Waals surface area contributed by atoms with Crippen molar-refractivity contribution in [3.8, 4) is 0 Å². The number of hydrogen-bond acceptors (Lipinski definition) is 2. The second-order valence-corrected chi connectivity index (χ2v) is 3.25. The summed E-state index contributed by atoms with van der Waals surface area (Å²) in [7, 11) is 0. The first kappa shape index (κ1) is 9.78. The van der Waals surface area contributed by atoms with Gasteiger partial charge in [0.15, 0.2) is 6.29 Å². The van der Waals surface area contributed by atoms with Gasteiger partial charge in [-0.3, -0.25) is 4.79 Å². The van der Waals surface area contributed by atoms with Crippen LogP contribution in [0.4, 0.5) is 5.69 Å². The smallest absolute Gasteiger partial charge is 0.198 e. The monoisotopic (exact) mass is 176 g/mol. The van der Waals surface area contributed by atoms with Gasteiger partial charge in [-0.2, -0.15) is 0 Å². The van der Waals surface area contributed by atoms with Crippen molar-refractivity contribution < 1.29 is 4.79 Å². The molecule has 0 aliphatic rings. The lowest BCUT2D eigenvalue weighted by atomic mass is 9.96. The van der Waals surface area contributed by atoms with E-state index in [1.54, 1.807) is 0 Å². The number of benzene rings is 1. The first-order valence-electron chi connectivity index (χ1n) is 4.44. The Morgan fingerprint density at radius 2 is 2.00 bits per heavy atom. The Morgan fingerprint density at radius 3 is 2.54 bits per heavy atom. The van der Waals surface area contributed by atoms with E-state index < -0.39 is 0 Å². The number of hydrogen-bond donors (Lipinski definition) is 1. The summed E-state index contributed by atoms with van der Waals surface area (Å²) in [6.45, 7) is 2.10. The van der Waals surface area contributed by atoms with Crippen molar-refractivity contribution in [1.82, 2.24) is 0 Å². The topological polar surface area (TPSA) is 43.1 Å². The number of nitrogen functional groups attached to an aromatic ring is 1. The van der Waals surface area contributed by atoms with Crippen LogP contribution in [0.15, 0.2) is 24.3 Å². The number of rotatable bonds is 4. The maximum absolute atomic E-state index is 10.0. The molecule has 1 unspecified atom stereocenters. The minimum absolute atomic E-state index is 0.405. The quantitative estimate of drug-likeness (QED) is 0.715. The van der Waals surface area contributed by atoms with E-state index in [1.165, 1.54) is 5.56 Å². The third-order valence-corrected chi connectivity index (χ3v) is 2.18. The molecule has 0 amide bonds. The summed E-state index contributed by atoms with van der Waals surface area (Å²) in [5.74, 6) is 0.405. The van der Waals surface area contributed by atoms with Gasteiger partial charge in [0.05, 0.1) is 0 Å². The average Bonchev–Trinajstić information content (AvgIpc) is 2.15. The van der Waals surface area contributed by atoms with Crippen molar-refractivity contribution in [1.29, 1.82) is 0 Å². The van der Waals surface area contributed by atoms with Gasteiger partial charge in [-0.1, -0.05) is 19.1 Å². The largest absolute Gasteiger partial charge is 0.399 e. The molecule has 2 nitrogen and oxygen atoms in total. The van der Waals surface area contributed by atoms with Crippen LogP contribution in [0.5, 0.6) is 0 Å². The SMILES string of the molecule is CC(CC[C]=O)c1ccc(N)cc1. The van der Waals surface area contributed by atoms with Gasteiger partial charge in [0.2, 0.25) is 0 Å². The zero-order chi connectivity index (χ0) is 9.68. The van der Waals surface area contributed by atoms with E-state index in [2.05, 4.69) is 6.92 Å². The summed E-state index contributed by atoms with van der Waals surface area (Å²) in [6.07, 6.45) is 3.27. The van der Waals surface area contributed by atoms with Gasteiger partial charge in [0, 0.05) is 12.1 Å². The molecule has 13 heavy (non-hydrogen) atoms. The van der Waals surface area contributed by atoms with Gasteiger partial charge in [-0.15, -0.1) is 0 Å². The van der Waals surface area contributed by atoms with E-state index in [0.29, 0.717) is 12.3 Å². The highest BCUT2D eigenvalue weighted by molar-refractivity contribution is 5.50. The Morgan fingerprint density at radius 1 is 1.38 bits per heavy atom. The third-order valence-electron chi connectivity index (χ3n) is 2.18. The van der Waals surface area contributed by atoms with Crippen LogP contribution in [-0.2, 0) is 4.79 Å². The molecule has 0 fully saturated rings. The van der Waals surface area contributed by atoms with E-state index >= 15 is 0 Å². The molecule has 1 aromatic carbocycles. The van der Waals surface area contributed by atoms with Crippen molar-refractivity contribution >= 4 is 12.0 Å². The van der Waals surface area contributed by atoms with Crippen molar-refractivity contribution in [2.75, 3.05) is 5.73 Å². The van der Waals surface area contributed by atoms with Crippen molar-refractivity contribution in [2.24, 2.45) is 0 Å². The number of carbonyl (C=O) groups excluding carboxylic acids is 1. The van der Waals surface area contributed by atoms with Gasteiger partial charge in [-0.25, -0.2) is 0 Å². The van der Waals surface area contributed by atoms with Crippen molar-refractivity contribution in [3.63, 3.8) is 0 Å². The van der Waals surface area contributed by atoms with E-state index in [4.69, 9.17) is 5.73 Å². The Labute approximate surface area is 78.8 Å². The Balaban J connectivity index is 2.60. The Bertz CT molecular complexity index is 266. The predicted octanol–water partition coefficient (Wildman–Crippen LogP) is 2.26. The van der Waals surface area contributed by atoms with Gasteiger partial charge in [-0.05, 0) is 30.0 Å². The second-order valence-electron chi connectivity index (χ2n) is 3.25. The Kier molecular flexibility index (Phi) is 3.50. The van der Waals surface area contributed by atoms with Gasteiger partial charge in [0.25, 0.3) is 0 Å². The van der Waals surface area contributed by atoms with Crippen LogP contribution in [0.3, 0.4) is 0 Å². The first-order valence-corrected chi connectivity index (χ1v) is 4.44. The molecule has 2 N–H and O–H groups in total. The lowest BCUT2D eigenvalue weighted by Gasteiger charge is -2.09. The van der Waals surface area contributed by atoms with Crippen LogP contribution in [0.25, 0.3) is 0 Å². The minimum atomic E-state index is 0.405. The zero-order valence-corrected chi connectivity index (χ0v) is 7.79. The lowest BCUT2D eigenvalue weighted by Crippen LogP contribution is -1.94. The van der Waals surface area contributed by atoms with E-state index in [-0.39, 0.29) is 0 Å². The standard InChI is InChI=1S/C11H14NO/c1-9(3-2-8-13)10-4-6-11(12)7-5-10/h4-7,9H,2-3,12H2,1H3. The number of anilines is 1. The summed E-state index contributed by atoms with van der Waals surface area (Å²) in [5.41, 5.74) is 7.57. The van der Waals surface area contributed by atoms with Crippen LogP contribution in [0, 0.1) is 0 Å². The fourth-order valence-electron chi connectivity index (χ4n) is 1.27. The predicted molar refractivity (Wildman–Crippen MR) is 54.2 cm³/mol. The van der Waals surface area contributed by atoms with Gasteiger partial charge < -0.3 is 5.73 Å². The van der Waals surface area contributed by atoms with Crippen LogP contribution in [0.1, 0.15) is 31.2 Å². The normalized spacial score (nSPS) is 12.4. The molecule has 0 saturated carbocycles. The molecule has 0 heterocycles. The summed E-state index contributed by atoms with van der Waals surface area (Å²) >= 11 is 0. The van der Waals surface area contributed by atoms with Crippen molar-refractivity contribution in [3.05, 3.63) is 29.8 Å². The van der Waals surface area contributed by atoms with Crippen molar-refractivity contribution in [2.45, 2.75) is 25.7 Å². The summed E-state index contributed by atoms with van der Waals surface area (Å²) < 4.78 is 0. The molecule has 0 spiro atoms. The highest BCUT2D eigenvalue weighted by atomic mass is 16.1. The highest BCUT2D eigenvalue weighted by Crippen LogP contribution is 2.20. The van der Waals surface area contributed by atoms with Crippen LogP contribution in [-0.4, -0.2) is 6.29 Å². The van der Waals surface area contributed by atoms with Gasteiger partial charge in [0.1, 0.15) is 0 Å². The molecule has 1 rings (SSSR count). The second kappa shape index (κ2) is 4.65. The maximum Gasteiger partial charge on any atom is 0.198 e. The molecular formula is C11H14NO. The first-order chi connectivity index (χ1) is 6.24. The molecule has 0 bridgehead atoms. The Hall–Kier alpha value is -1.31. The fraction of sp³-hybridized carbons (Fsp3) is 0.364. The molecule has 0 saturated heterocycles. The average molecular weight is 176 g/mol. The van der Waals surface area contributed by atoms with Crippen LogP contribution in [0.2, 0.25) is 0 Å². The molecule has 0 aliphatic carbocycles. The number of nitrogens with two attached hydrogens (primary N) is 1. The summed E-state index contributed by atoms with van der Waals surface area (Å²) in [4.78, 5) is 10.0. The molecule has 1 atom stereocenters. The lowest BCUT2D eigenvalue weighted by molar-refractivity contribution is 0.543. The summed E-state index contributed by atoms with van der Waals surface area (Å²) in [6, 6.07) is 7.78. The molecule has 1 radical (unpaired) electrons. The molecule has 2 heteroatoms. The zero-order valence-electron chi connectivity index (χ0n) is 7.79.